The SMILES string of the molecule is CCOc1cc(CN2CCC(Nc3nc(Cl)ncc3F)CC2)cc(OCC)c1Cl.Fc1cnc(Cl)nc1NC1CCNCC1. The lowest BCUT2D eigenvalue weighted by Gasteiger charge is -2.32. The lowest BCUT2D eigenvalue weighted by atomic mass is 10.0. The summed E-state index contributed by atoms with van der Waals surface area (Å²) in [4.78, 5) is 17.3. The molecule has 0 amide bonds. The fourth-order valence-electron chi connectivity index (χ4n) is 4.98. The van der Waals surface area contributed by atoms with Crippen LogP contribution in [0.1, 0.15) is 45.1 Å². The zero-order valence-corrected chi connectivity index (χ0v) is 27.0. The van der Waals surface area contributed by atoms with Gasteiger partial charge in [-0.1, -0.05) is 11.6 Å². The Bertz CT molecular complexity index is 1340. The summed E-state index contributed by atoms with van der Waals surface area (Å²) in [5.74, 6) is 0.680. The number of nitrogens with zero attached hydrogens (tertiary/aromatic N) is 5. The molecule has 0 bridgehead atoms. The minimum atomic E-state index is -0.495. The number of halogens is 5. The second-order valence-corrected chi connectivity index (χ2v) is 11.4. The molecule has 240 valence electrons. The van der Waals surface area contributed by atoms with Gasteiger partial charge < -0.3 is 25.4 Å². The zero-order valence-electron chi connectivity index (χ0n) is 24.7. The second-order valence-electron chi connectivity index (χ2n) is 10.3. The summed E-state index contributed by atoms with van der Waals surface area (Å²) in [6, 6.07) is 4.33. The first kappa shape index (κ1) is 34.1. The highest BCUT2D eigenvalue weighted by Crippen LogP contribution is 2.36. The van der Waals surface area contributed by atoms with Gasteiger partial charge in [-0.2, -0.15) is 9.97 Å². The number of nitrogens with one attached hydrogen (secondary N) is 3. The van der Waals surface area contributed by atoms with Crippen molar-refractivity contribution >= 4 is 46.4 Å². The Kier molecular flexibility index (Phi) is 13.2. The van der Waals surface area contributed by atoms with E-state index in [-0.39, 0.29) is 34.3 Å². The monoisotopic (exact) mass is 672 g/mol. The van der Waals surface area contributed by atoms with Crippen molar-refractivity contribution in [2.45, 2.75) is 58.2 Å². The van der Waals surface area contributed by atoms with Gasteiger partial charge in [0.2, 0.25) is 10.6 Å². The lowest BCUT2D eigenvalue weighted by Crippen LogP contribution is -2.39. The summed E-state index contributed by atoms with van der Waals surface area (Å²) in [7, 11) is 0. The quantitative estimate of drug-likeness (QED) is 0.214. The van der Waals surface area contributed by atoms with Crippen LogP contribution < -0.4 is 25.4 Å². The van der Waals surface area contributed by atoms with Gasteiger partial charge in [0.25, 0.3) is 0 Å². The summed E-state index contributed by atoms with van der Waals surface area (Å²) in [6.07, 6.45) is 5.82. The zero-order chi connectivity index (χ0) is 31.5. The van der Waals surface area contributed by atoms with Crippen LogP contribution in [0.25, 0.3) is 0 Å². The third-order valence-corrected chi connectivity index (χ3v) is 7.85. The first-order valence-corrected chi connectivity index (χ1v) is 15.8. The maximum atomic E-state index is 13.8. The molecular weight excluding hydrogens is 637 g/mol. The van der Waals surface area contributed by atoms with Crippen molar-refractivity contribution in [1.82, 2.24) is 30.2 Å². The summed E-state index contributed by atoms with van der Waals surface area (Å²) in [5.41, 5.74) is 1.08. The van der Waals surface area contributed by atoms with E-state index in [1.54, 1.807) is 0 Å². The highest BCUT2D eigenvalue weighted by Gasteiger charge is 2.22. The number of likely N-dealkylation sites (tertiary alicyclic amines) is 1. The fraction of sp³-hybridized carbons (Fsp3) is 0.517. The average Bonchev–Trinajstić information content (AvgIpc) is 3.01. The molecular formula is C29H37Cl3F2N8O2. The van der Waals surface area contributed by atoms with Crippen LogP contribution in [0.2, 0.25) is 15.6 Å². The number of rotatable bonds is 10. The van der Waals surface area contributed by atoms with Gasteiger partial charge in [-0.3, -0.25) is 4.90 Å². The van der Waals surface area contributed by atoms with E-state index in [0.717, 1.165) is 76.4 Å². The van der Waals surface area contributed by atoms with Crippen molar-refractivity contribution in [1.29, 1.82) is 0 Å². The standard InChI is InChI=1S/C20H25Cl2FN4O2.C9H12ClFN4/c1-3-28-16-9-13(10-17(18(16)21)29-4-2)12-27-7-5-14(6-8-27)25-19-15(23)11-24-20(22)26-19;10-9-13-5-7(11)8(15-9)14-6-1-3-12-4-2-6/h9-11,14H,3-8,12H2,1-2H3,(H,24,25,26);5-6,12H,1-4H2,(H,13,14,15). The topological polar surface area (TPSA) is 109 Å². The van der Waals surface area contributed by atoms with Crippen molar-refractivity contribution in [3.05, 3.63) is 57.3 Å². The van der Waals surface area contributed by atoms with Crippen LogP contribution in [0.5, 0.6) is 11.5 Å². The number of aromatic nitrogens is 4. The van der Waals surface area contributed by atoms with Crippen LogP contribution in [0.15, 0.2) is 24.5 Å². The summed E-state index contributed by atoms with van der Waals surface area (Å²) >= 11 is 17.7. The largest absolute Gasteiger partial charge is 0.492 e. The third-order valence-electron chi connectivity index (χ3n) is 7.11. The van der Waals surface area contributed by atoms with E-state index in [1.165, 1.54) is 0 Å². The molecule has 0 spiro atoms. The molecule has 4 heterocycles. The predicted octanol–water partition coefficient (Wildman–Crippen LogP) is 6.23. The molecule has 10 nitrogen and oxygen atoms in total. The first-order chi connectivity index (χ1) is 21.2. The predicted molar refractivity (Wildman–Crippen MR) is 169 cm³/mol. The fourth-order valence-corrected chi connectivity index (χ4v) is 5.46. The van der Waals surface area contributed by atoms with Crippen LogP contribution in [0.3, 0.4) is 0 Å². The van der Waals surface area contributed by atoms with E-state index in [1.807, 2.05) is 26.0 Å². The van der Waals surface area contributed by atoms with Crippen molar-refractivity contribution in [3.8, 4) is 11.5 Å². The molecule has 0 aliphatic carbocycles. The normalized spacial score (nSPS) is 16.2. The number of piperidine rings is 2. The average molecular weight is 674 g/mol. The van der Waals surface area contributed by atoms with E-state index in [4.69, 9.17) is 44.3 Å². The van der Waals surface area contributed by atoms with Crippen molar-refractivity contribution in [3.63, 3.8) is 0 Å². The van der Waals surface area contributed by atoms with Gasteiger partial charge >= 0.3 is 0 Å². The highest BCUT2D eigenvalue weighted by atomic mass is 35.5. The maximum absolute atomic E-state index is 13.8. The van der Waals surface area contributed by atoms with Gasteiger partial charge in [0.05, 0.1) is 25.6 Å². The van der Waals surface area contributed by atoms with E-state index >= 15 is 0 Å². The van der Waals surface area contributed by atoms with E-state index in [9.17, 15) is 8.78 Å². The molecule has 0 radical (unpaired) electrons. The highest BCUT2D eigenvalue weighted by molar-refractivity contribution is 6.33. The number of hydrogen-bond donors (Lipinski definition) is 3. The number of benzene rings is 1. The minimum Gasteiger partial charge on any atom is -0.492 e. The summed E-state index contributed by atoms with van der Waals surface area (Å²) < 4.78 is 38.4. The molecule has 3 N–H and O–H groups in total. The summed E-state index contributed by atoms with van der Waals surface area (Å²) in [5, 5.41) is 10.0. The Morgan fingerprint density at radius 3 is 1.77 bits per heavy atom. The van der Waals surface area contributed by atoms with Crippen LogP contribution >= 0.6 is 34.8 Å². The molecule has 0 saturated carbocycles. The Morgan fingerprint density at radius 1 is 0.818 bits per heavy atom. The van der Waals surface area contributed by atoms with E-state index < -0.39 is 11.6 Å². The van der Waals surface area contributed by atoms with E-state index in [2.05, 4.69) is 40.8 Å². The Morgan fingerprint density at radius 2 is 1.30 bits per heavy atom. The van der Waals surface area contributed by atoms with Crippen molar-refractivity contribution in [2.75, 3.05) is 50.0 Å². The molecule has 44 heavy (non-hydrogen) atoms. The molecule has 0 unspecified atom stereocenters. The second kappa shape index (κ2) is 17.1. The molecule has 2 aliphatic heterocycles. The third kappa shape index (κ3) is 10.1. The van der Waals surface area contributed by atoms with Gasteiger partial charge in [-0.15, -0.1) is 0 Å². The molecule has 15 heteroatoms. The van der Waals surface area contributed by atoms with Crippen molar-refractivity contribution < 1.29 is 18.3 Å². The van der Waals surface area contributed by atoms with Crippen LogP contribution in [0.4, 0.5) is 20.4 Å². The van der Waals surface area contributed by atoms with Gasteiger partial charge in [-0.25, -0.2) is 18.7 Å². The number of ether oxygens (including phenoxy) is 2. The molecule has 0 atom stereocenters. The molecule has 2 aliphatic rings. The van der Waals surface area contributed by atoms with Crippen LogP contribution in [-0.4, -0.2) is 76.3 Å². The molecule has 2 aromatic heterocycles. The van der Waals surface area contributed by atoms with Gasteiger partial charge in [0.1, 0.15) is 16.5 Å². The lowest BCUT2D eigenvalue weighted by molar-refractivity contribution is 0.210. The first-order valence-electron chi connectivity index (χ1n) is 14.7. The Balaban J connectivity index is 0.000000246. The summed E-state index contributed by atoms with van der Waals surface area (Å²) in [6.45, 7) is 9.31. The smallest absolute Gasteiger partial charge is 0.224 e. The van der Waals surface area contributed by atoms with Gasteiger partial charge in [-0.05, 0) is 93.5 Å². The van der Waals surface area contributed by atoms with Gasteiger partial charge in [0.15, 0.2) is 23.3 Å². The van der Waals surface area contributed by atoms with Crippen molar-refractivity contribution in [2.24, 2.45) is 0 Å². The van der Waals surface area contributed by atoms with Crippen LogP contribution in [-0.2, 0) is 6.54 Å². The minimum absolute atomic E-state index is 0.0317. The Hall–Kier alpha value is -2.77. The molecule has 2 fully saturated rings. The number of hydrogen-bond acceptors (Lipinski definition) is 10. The molecule has 2 saturated heterocycles. The van der Waals surface area contributed by atoms with E-state index in [0.29, 0.717) is 29.7 Å². The van der Waals surface area contributed by atoms with Gasteiger partial charge in [0, 0.05) is 31.7 Å². The Labute approximate surface area is 271 Å². The molecule has 3 aromatic rings. The molecule has 5 rings (SSSR count). The molecule has 1 aromatic carbocycles. The number of anilines is 2. The maximum Gasteiger partial charge on any atom is 0.224 e. The van der Waals surface area contributed by atoms with Crippen LogP contribution in [0, 0.1) is 11.6 Å².